The fraction of sp³-hybridized carbons (Fsp3) is 0.211. The van der Waals surface area contributed by atoms with Crippen LogP contribution in [0.3, 0.4) is 0 Å². The predicted molar refractivity (Wildman–Crippen MR) is 98.4 cm³/mol. The Morgan fingerprint density at radius 2 is 1.96 bits per heavy atom. The van der Waals surface area contributed by atoms with Crippen molar-refractivity contribution in [1.82, 2.24) is 30.9 Å². The van der Waals surface area contributed by atoms with E-state index in [1.807, 2.05) is 42.5 Å². The van der Waals surface area contributed by atoms with Gasteiger partial charge in [0.05, 0.1) is 6.17 Å². The lowest BCUT2D eigenvalue weighted by Gasteiger charge is -2.11. The largest absolute Gasteiger partial charge is 0.471 e. The number of para-hydroxylation sites is 1. The molecule has 27 heavy (non-hydrogen) atoms. The quantitative estimate of drug-likeness (QED) is 0.615. The van der Waals surface area contributed by atoms with Gasteiger partial charge < -0.3 is 10.1 Å². The van der Waals surface area contributed by atoms with Gasteiger partial charge in [0.1, 0.15) is 11.4 Å². The smallest absolute Gasteiger partial charge is 0.273 e. The first-order valence-electron chi connectivity index (χ1n) is 8.71. The number of benzene rings is 1. The first-order chi connectivity index (χ1) is 13.3. The van der Waals surface area contributed by atoms with Crippen molar-refractivity contribution in [3.05, 3.63) is 78.4 Å². The van der Waals surface area contributed by atoms with Crippen molar-refractivity contribution in [3.63, 3.8) is 0 Å². The van der Waals surface area contributed by atoms with Gasteiger partial charge in [-0.25, -0.2) is 15.5 Å². The maximum Gasteiger partial charge on any atom is 0.273 e. The van der Waals surface area contributed by atoms with Crippen LogP contribution in [-0.2, 0) is 6.73 Å². The summed E-state index contributed by atoms with van der Waals surface area (Å²) in [5, 5.41) is 7.20. The summed E-state index contributed by atoms with van der Waals surface area (Å²) in [7, 11) is 0. The molecular formula is C19H20N6O2. The summed E-state index contributed by atoms with van der Waals surface area (Å²) in [4.78, 5) is 16.4. The van der Waals surface area contributed by atoms with Gasteiger partial charge in [0.25, 0.3) is 5.91 Å². The summed E-state index contributed by atoms with van der Waals surface area (Å²) in [6.07, 6.45) is 5.78. The van der Waals surface area contributed by atoms with Crippen molar-refractivity contribution >= 4 is 5.91 Å². The molecular weight excluding hydrogens is 344 g/mol. The van der Waals surface area contributed by atoms with Crippen LogP contribution in [0.15, 0.2) is 67.1 Å². The zero-order chi connectivity index (χ0) is 18.5. The second-order valence-corrected chi connectivity index (χ2v) is 6.21. The molecule has 0 radical (unpaired) electrons. The van der Waals surface area contributed by atoms with E-state index in [2.05, 4.69) is 26.3 Å². The molecule has 138 valence electrons. The number of nitrogens with one attached hydrogen (secondary N) is 3. The number of aromatic nitrogens is 3. The average Bonchev–Trinajstić information content (AvgIpc) is 3.38. The minimum atomic E-state index is -0.233. The number of pyridine rings is 1. The summed E-state index contributed by atoms with van der Waals surface area (Å²) in [5.74, 6) is 0.519. The second kappa shape index (κ2) is 7.98. The summed E-state index contributed by atoms with van der Waals surface area (Å²) in [6.45, 7) is 0.241. The number of rotatable bonds is 6. The molecule has 0 spiro atoms. The van der Waals surface area contributed by atoms with Crippen LogP contribution in [-0.4, -0.2) is 26.8 Å². The first kappa shape index (κ1) is 17.2. The molecule has 2 aromatic heterocycles. The van der Waals surface area contributed by atoms with Crippen molar-refractivity contribution in [1.29, 1.82) is 0 Å². The Morgan fingerprint density at radius 1 is 1.15 bits per heavy atom. The molecule has 0 bridgehead atoms. The van der Waals surface area contributed by atoms with Crippen LogP contribution in [0, 0.1) is 0 Å². The van der Waals surface area contributed by atoms with E-state index < -0.39 is 0 Å². The van der Waals surface area contributed by atoms with E-state index in [1.165, 1.54) is 0 Å². The molecule has 1 aromatic carbocycles. The number of carbonyl (C=O) groups excluding carboxylic acids is 1. The van der Waals surface area contributed by atoms with Gasteiger partial charge in [0.15, 0.2) is 6.73 Å². The van der Waals surface area contributed by atoms with Crippen LogP contribution in [0.25, 0.3) is 0 Å². The molecule has 3 heterocycles. The molecule has 1 fully saturated rings. The normalized spacial score (nSPS) is 19.0. The monoisotopic (exact) mass is 364 g/mol. The number of nitrogens with zero attached hydrogens (tertiary/aromatic N) is 3. The van der Waals surface area contributed by atoms with Crippen molar-refractivity contribution in [2.24, 2.45) is 0 Å². The van der Waals surface area contributed by atoms with E-state index in [4.69, 9.17) is 4.74 Å². The van der Waals surface area contributed by atoms with Gasteiger partial charge in [0.2, 0.25) is 0 Å². The third-order valence-electron chi connectivity index (χ3n) is 4.30. The fourth-order valence-corrected chi connectivity index (χ4v) is 2.91. The van der Waals surface area contributed by atoms with Crippen molar-refractivity contribution < 1.29 is 9.53 Å². The molecule has 1 aliphatic rings. The molecule has 3 N–H and O–H groups in total. The highest BCUT2D eigenvalue weighted by molar-refractivity contribution is 5.92. The van der Waals surface area contributed by atoms with E-state index in [9.17, 15) is 4.79 Å². The maximum atomic E-state index is 12.4. The first-order valence-corrected chi connectivity index (χ1v) is 8.71. The van der Waals surface area contributed by atoms with Crippen LogP contribution >= 0.6 is 0 Å². The van der Waals surface area contributed by atoms with E-state index in [-0.39, 0.29) is 24.8 Å². The van der Waals surface area contributed by atoms with Crippen LogP contribution in [0.4, 0.5) is 0 Å². The van der Waals surface area contributed by atoms with Crippen molar-refractivity contribution in [3.8, 4) is 5.75 Å². The van der Waals surface area contributed by atoms with Crippen LogP contribution < -0.4 is 20.9 Å². The standard InChI is InChI=1S/C19H20N6O2/c26-19(21-18-12-17(22-23-18)14-6-9-20-10-7-14)16-8-11-25(24-16)13-27-15-4-2-1-3-5-15/h1-11,17-18,22-23H,12-13H2,(H,21,26). The Balaban J connectivity index is 1.29. The molecule has 1 saturated heterocycles. The molecule has 1 aliphatic heterocycles. The minimum absolute atomic E-state index is 0.120. The lowest BCUT2D eigenvalue weighted by molar-refractivity contribution is 0.0925. The van der Waals surface area contributed by atoms with E-state index in [0.717, 1.165) is 17.7 Å². The molecule has 2 unspecified atom stereocenters. The van der Waals surface area contributed by atoms with Crippen molar-refractivity contribution in [2.75, 3.05) is 0 Å². The Kier molecular flexibility index (Phi) is 5.08. The number of carbonyl (C=O) groups is 1. The molecule has 3 aromatic rings. The SMILES string of the molecule is O=C(NC1CC(c2ccncc2)NN1)c1ccn(COc2ccccc2)n1. The van der Waals surface area contributed by atoms with Gasteiger partial charge in [-0.15, -0.1) is 0 Å². The van der Waals surface area contributed by atoms with Crippen LogP contribution in [0.5, 0.6) is 5.75 Å². The van der Waals surface area contributed by atoms with Crippen molar-refractivity contribution in [2.45, 2.75) is 25.4 Å². The van der Waals surface area contributed by atoms with Gasteiger partial charge in [-0.1, -0.05) is 18.2 Å². The van der Waals surface area contributed by atoms with Gasteiger partial charge in [0, 0.05) is 31.1 Å². The number of amides is 1. The molecule has 8 nitrogen and oxygen atoms in total. The Hall–Kier alpha value is -3.23. The lowest BCUT2D eigenvalue weighted by atomic mass is 10.1. The summed E-state index contributed by atoms with van der Waals surface area (Å²) in [6, 6.07) is 15.2. The third kappa shape index (κ3) is 4.30. The van der Waals surface area contributed by atoms with E-state index >= 15 is 0 Å². The average molecular weight is 364 g/mol. The van der Waals surface area contributed by atoms with Gasteiger partial charge in [-0.2, -0.15) is 5.10 Å². The Labute approximate surface area is 156 Å². The highest BCUT2D eigenvalue weighted by Gasteiger charge is 2.26. The summed E-state index contributed by atoms with van der Waals surface area (Å²) < 4.78 is 7.21. The van der Waals surface area contributed by atoms with Crippen LogP contribution in [0.1, 0.15) is 28.5 Å². The number of hydrazine groups is 1. The molecule has 8 heteroatoms. The summed E-state index contributed by atoms with van der Waals surface area (Å²) in [5.41, 5.74) is 7.75. The van der Waals surface area contributed by atoms with E-state index in [0.29, 0.717) is 5.69 Å². The predicted octanol–water partition coefficient (Wildman–Crippen LogP) is 1.61. The number of hydrogen-bond acceptors (Lipinski definition) is 6. The van der Waals surface area contributed by atoms with Gasteiger partial charge in [-0.05, 0) is 35.9 Å². The molecule has 2 atom stereocenters. The molecule has 0 saturated carbocycles. The third-order valence-corrected chi connectivity index (χ3v) is 4.30. The van der Waals surface area contributed by atoms with Crippen LogP contribution in [0.2, 0.25) is 0 Å². The second-order valence-electron chi connectivity index (χ2n) is 6.21. The number of ether oxygens (including phenoxy) is 1. The lowest BCUT2D eigenvalue weighted by Crippen LogP contribution is -2.44. The zero-order valence-corrected chi connectivity index (χ0v) is 14.6. The molecule has 0 aliphatic carbocycles. The van der Waals surface area contributed by atoms with Gasteiger partial charge in [-0.3, -0.25) is 9.78 Å². The number of hydrogen-bond donors (Lipinski definition) is 3. The minimum Gasteiger partial charge on any atom is -0.471 e. The Bertz CT molecular complexity index is 883. The molecule has 1 amide bonds. The highest BCUT2D eigenvalue weighted by Crippen LogP contribution is 2.20. The molecule has 4 rings (SSSR count). The summed E-state index contributed by atoms with van der Waals surface area (Å²) >= 11 is 0. The highest BCUT2D eigenvalue weighted by atomic mass is 16.5. The topological polar surface area (TPSA) is 93.1 Å². The van der Waals surface area contributed by atoms with Gasteiger partial charge >= 0.3 is 0 Å². The van der Waals surface area contributed by atoms with E-state index in [1.54, 1.807) is 29.3 Å². The Morgan fingerprint density at radius 3 is 2.78 bits per heavy atom. The maximum absolute atomic E-state index is 12.4. The zero-order valence-electron chi connectivity index (χ0n) is 14.6. The fourth-order valence-electron chi connectivity index (χ4n) is 2.91.